The second-order valence-corrected chi connectivity index (χ2v) is 9.56. The molecule has 1 unspecified atom stereocenters. The monoisotopic (exact) mass is 511 g/mol. The number of nitrogens with two attached hydrogens (primary N) is 1. The van der Waals surface area contributed by atoms with Crippen LogP contribution in [0.15, 0.2) is 73.2 Å². The number of anilines is 1. The van der Waals surface area contributed by atoms with Crippen LogP contribution in [-0.4, -0.2) is 42.4 Å². The van der Waals surface area contributed by atoms with Crippen molar-refractivity contribution in [3.63, 3.8) is 0 Å². The van der Waals surface area contributed by atoms with Gasteiger partial charge >= 0.3 is 0 Å². The van der Waals surface area contributed by atoms with Crippen molar-refractivity contribution in [1.82, 2.24) is 20.6 Å². The average molecular weight is 512 g/mol. The van der Waals surface area contributed by atoms with Crippen molar-refractivity contribution < 1.29 is 14.3 Å². The van der Waals surface area contributed by atoms with E-state index in [1.165, 1.54) is 0 Å². The number of nitrogen functional groups attached to an aromatic ring is 1. The Kier molecular flexibility index (Phi) is 7.42. The molecule has 5 rings (SSSR count). The van der Waals surface area contributed by atoms with Crippen LogP contribution in [0.1, 0.15) is 36.5 Å². The molecule has 2 aromatic heterocycles. The van der Waals surface area contributed by atoms with Gasteiger partial charge in [-0.15, -0.1) is 0 Å². The summed E-state index contributed by atoms with van der Waals surface area (Å²) in [6.07, 6.45) is 11.1. The molecule has 0 spiro atoms. The summed E-state index contributed by atoms with van der Waals surface area (Å²) in [4.78, 5) is 22.4. The molecule has 8 nitrogen and oxygen atoms in total. The molecule has 2 aliphatic rings. The lowest BCUT2D eigenvalue weighted by Gasteiger charge is -2.37. The van der Waals surface area contributed by atoms with E-state index in [9.17, 15) is 4.79 Å². The Morgan fingerprint density at radius 1 is 1.11 bits per heavy atom. The van der Waals surface area contributed by atoms with Crippen molar-refractivity contribution >= 4 is 17.3 Å². The van der Waals surface area contributed by atoms with E-state index >= 15 is 0 Å². The van der Waals surface area contributed by atoms with Crippen molar-refractivity contribution in [3.8, 4) is 17.0 Å². The summed E-state index contributed by atoms with van der Waals surface area (Å²) in [5.41, 5.74) is 11.3. The number of nitrogens with one attached hydrogen (secondary N) is 2. The Morgan fingerprint density at radius 2 is 1.84 bits per heavy atom. The number of methoxy groups -OCH3 is 1. The van der Waals surface area contributed by atoms with Crippen LogP contribution < -0.4 is 21.1 Å². The third-order valence-electron chi connectivity index (χ3n) is 7.39. The maximum absolute atomic E-state index is 13.8. The molecule has 0 saturated carbocycles. The highest BCUT2D eigenvalue weighted by Crippen LogP contribution is 2.36. The molecule has 0 aliphatic carbocycles. The lowest BCUT2D eigenvalue weighted by atomic mass is 9.73. The van der Waals surface area contributed by atoms with Crippen LogP contribution in [0.5, 0.6) is 5.88 Å². The van der Waals surface area contributed by atoms with Crippen molar-refractivity contribution in [2.75, 3.05) is 26.1 Å². The molecule has 3 aromatic rings. The number of carbonyl (C=O) groups excluding carboxylic acids is 1. The van der Waals surface area contributed by atoms with Gasteiger partial charge in [-0.1, -0.05) is 37.3 Å². The van der Waals surface area contributed by atoms with Gasteiger partial charge in [0.2, 0.25) is 11.8 Å². The van der Waals surface area contributed by atoms with E-state index in [0.29, 0.717) is 37.8 Å². The average Bonchev–Trinajstić information content (AvgIpc) is 2.98. The van der Waals surface area contributed by atoms with Gasteiger partial charge in [-0.3, -0.25) is 4.79 Å². The van der Waals surface area contributed by atoms with Gasteiger partial charge in [-0.05, 0) is 59.7 Å². The van der Waals surface area contributed by atoms with Crippen LogP contribution in [0.4, 0.5) is 5.82 Å². The number of rotatable bonds is 7. The summed E-state index contributed by atoms with van der Waals surface area (Å²) >= 11 is 0. The second kappa shape index (κ2) is 11.1. The molecule has 2 aliphatic heterocycles. The fraction of sp³-hybridized carbons (Fsp3) is 0.300. The molecule has 1 saturated heterocycles. The summed E-state index contributed by atoms with van der Waals surface area (Å²) in [5.74, 6) is 1.12. The molecule has 196 valence electrons. The lowest BCUT2D eigenvalue weighted by molar-refractivity contribution is -0.131. The highest BCUT2D eigenvalue weighted by atomic mass is 16.5. The molecule has 0 bridgehead atoms. The number of allylic oxidation sites excluding steroid dienone is 2. The quantitative estimate of drug-likeness (QED) is 0.440. The van der Waals surface area contributed by atoms with Gasteiger partial charge in [0.1, 0.15) is 12.0 Å². The van der Waals surface area contributed by atoms with Gasteiger partial charge in [0.25, 0.3) is 0 Å². The van der Waals surface area contributed by atoms with E-state index < -0.39 is 5.41 Å². The number of nitrogens with zero attached hydrogens (tertiary/aromatic N) is 2. The van der Waals surface area contributed by atoms with Gasteiger partial charge in [0.05, 0.1) is 12.5 Å². The highest BCUT2D eigenvalue weighted by Gasteiger charge is 2.42. The highest BCUT2D eigenvalue weighted by molar-refractivity contribution is 5.89. The zero-order valence-electron chi connectivity index (χ0n) is 21.7. The second-order valence-electron chi connectivity index (χ2n) is 9.56. The topological polar surface area (TPSA) is 111 Å². The summed E-state index contributed by atoms with van der Waals surface area (Å²) in [6, 6.07) is 14.1. The molecular formula is C30H33N5O3. The number of pyridine rings is 2. The van der Waals surface area contributed by atoms with Gasteiger partial charge in [-0.2, -0.15) is 0 Å². The number of hydrogen-bond acceptors (Lipinski definition) is 7. The molecular weight excluding hydrogens is 478 g/mol. The van der Waals surface area contributed by atoms with Crippen LogP contribution in [0.3, 0.4) is 0 Å². The predicted molar refractivity (Wildman–Crippen MR) is 148 cm³/mol. The van der Waals surface area contributed by atoms with Crippen LogP contribution in [0.2, 0.25) is 0 Å². The molecule has 38 heavy (non-hydrogen) atoms. The van der Waals surface area contributed by atoms with Crippen LogP contribution in [0.25, 0.3) is 16.7 Å². The minimum Gasteiger partial charge on any atom is -0.481 e. The molecule has 0 radical (unpaired) electrons. The summed E-state index contributed by atoms with van der Waals surface area (Å²) in [7, 11) is 1.59. The van der Waals surface area contributed by atoms with E-state index in [1.54, 1.807) is 19.5 Å². The number of aromatic nitrogens is 2. The largest absolute Gasteiger partial charge is 0.481 e. The number of benzene rings is 1. The molecule has 8 heteroatoms. The first-order valence-corrected chi connectivity index (χ1v) is 12.9. The molecule has 1 aromatic carbocycles. The smallest absolute Gasteiger partial charge is 0.232 e. The van der Waals surface area contributed by atoms with Crippen molar-refractivity contribution in [2.24, 2.45) is 0 Å². The first-order chi connectivity index (χ1) is 18.5. The van der Waals surface area contributed by atoms with Gasteiger partial charge in [-0.25, -0.2) is 9.97 Å². The minimum absolute atomic E-state index is 0.0129. The fourth-order valence-electron chi connectivity index (χ4n) is 5.01. The van der Waals surface area contributed by atoms with E-state index in [-0.39, 0.29) is 12.1 Å². The molecule has 1 amide bonds. The van der Waals surface area contributed by atoms with Crippen LogP contribution >= 0.6 is 0 Å². The van der Waals surface area contributed by atoms with Crippen LogP contribution in [-0.2, 0) is 21.4 Å². The third kappa shape index (κ3) is 5.13. The SMILES string of the molecule is CCc1cc(-c2ccc(C3(C(=O)NC4C=CC(c5ccc(OC)nc5)=CN4)CCOCC3)cc2)cnc1N. The third-order valence-corrected chi connectivity index (χ3v) is 7.39. The number of aryl methyl sites for hydroxylation is 1. The summed E-state index contributed by atoms with van der Waals surface area (Å²) in [6.45, 7) is 3.15. The molecule has 1 atom stereocenters. The maximum Gasteiger partial charge on any atom is 0.232 e. The van der Waals surface area contributed by atoms with Crippen LogP contribution in [0, 0.1) is 0 Å². The zero-order valence-corrected chi connectivity index (χ0v) is 21.7. The molecule has 1 fully saturated rings. The summed E-state index contributed by atoms with van der Waals surface area (Å²) < 4.78 is 10.8. The number of hydrogen-bond donors (Lipinski definition) is 3. The zero-order chi connectivity index (χ0) is 26.5. The number of carbonyl (C=O) groups is 1. The fourth-order valence-corrected chi connectivity index (χ4v) is 5.01. The lowest BCUT2D eigenvalue weighted by Crippen LogP contribution is -2.53. The molecule has 4 N–H and O–H groups in total. The van der Waals surface area contributed by atoms with E-state index in [4.69, 9.17) is 15.2 Å². The van der Waals surface area contributed by atoms with E-state index in [1.807, 2.05) is 30.5 Å². The Labute approximate surface area is 223 Å². The first kappa shape index (κ1) is 25.5. The number of amides is 1. The Bertz CT molecular complexity index is 1340. The predicted octanol–water partition coefficient (Wildman–Crippen LogP) is 3.99. The van der Waals surface area contributed by atoms with Gasteiger partial charge in [0.15, 0.2) is 0 Å². The Hall–Kier alpha value is -4.17. The number of dihydropyridines is 1. The van der Waals surface area contributed by atoms with Crippen molar-refractivity contribution in [1.29, 1.82) is 0 Å². The standard InChI is InChI=1S/C30H33N5O3/c1-3-20-16-24(19-34-28(20)31)21-4-8-25(9-5-21)30(12-14-38-15-13-30)29(36)35-26-10-6-22(17-32-26)23-7-11-27(37-2)33-18-23/h4-11,16-19,26,32H,3,12-15H2,1-2H3,(H2,31,34)(H,35,36). The first-order valence-electron chi connectivity index (χ1n) is 12.9. The van der Waals surface area contributed by atoms with Crippen molar-refractivity contribution in [3.05, 3.63) is 89.9 Å². The Morgan fingerprint density at radius 3 is 2.47 bits per heavy atom. The summed E-state index contributed by atoms with van der Waals surface area (Å²) in [5, 5.41) is 6.48. The van der Waals surface area contributed by atoms with E-state index in [0.717, 1.165) is 39.8 Å². The minimum atomic E-state index is -0.663. The van der Waals surface area contributed by atoms with E-state index in [2.05, 4.69) is 57.9 Å². The molecule has 4 heterocycles. The van der Waals surface area contributed by atoms with Crippen molar-refractivity contribution in [2.45, 2.75) is 37.8 Å². The Balaban J connectivity index is 1.32. The van der Waals surface area contributed by atoms with Gasteiger partial charge < -0.3 is 25.8 Å². The maximum atomic E-state index is 13.8. The normalized spacial score (nSPS) is 18.3. The number of ether oxygens (including phenoxy) is 2. The van der Waals surface area contributed by atoms with Gasteiger partial charge in [0, 0.05) is 49.0 Å².